The largest absolute Gasteiger partial charge is 0.461 e. The summed E-state index contributed by atoms with van der Waals surface area (Å²) in [5, 5.41) is 0. The minimum absolute atomic E-state index is 0.276. The Labute approximate surface area is 94.8 Å². The van der Waals surface area contributed by atoms with Crippen molar-refractivity contribution in [1.82, 2.24) is 4.98 Å². The van der Waals surface area contributed by atoms with E-state index >= 15 is 0 Å². The Bertz CT molecular complexity index is 322. The number of aryl methyl sites for hydroxylation is 1. The zero-order chi connectivity index (χ0) is 11.8. The molecule has 90 valence electrons. The first-order valence-electron chi connectivity index (χ1n) is 5.46. The van der Waals surface area contributed by atoms with E-state index < -0.39 is 5.97 Å². The van der Waals surface area contributed by atoms with Crippen LogP contribution in [0, 0.1) is 0 Å². The Morgan fingerprint density at radius 1 is 1.44 bits per heavy atom. The first kappa shape index (κ1) is 12.7. The molecule has 0 aliphatic heterocycles. The topological polar surface area (TPSA) is 61.6 Å². The molecule has 5 nitrogen and oxygen atoms in total. The molecule has 0 fully saturated rings. The van der Waals surface area contributed by atoms with Crippen LogP contribution in [0.25, 0.3) is 0 Å². The molecule has 0 amide bonds. The van der Waals surface area contributed by atoms with Gasteiger partial charge in [0.05, 0.1) is 6.61 Å². The second kappa shape index (κ2) is 7.00. The minimum atomic E-state index is -0.428. The number of carbonyl (C=O) groups excluding carboxylic acids is 1. The highest BCUT2D eigenvalue weighted by Gasteiger charge is 2.17. The van der Waals surface area contributed by atoms with E-state index in [9.17, 15) is 4.79 Å². The van der Waals surface area contributed by atoms with E-state index in [0.717, 1.165) is 6.42 Å². The summed E-state index contributed by atoms with van der Waals surface area (Å²) in [4.78, 5) is 15.3. The van der Waals surface area contributed by atoms with Gasteiger partial charge in [0.15, 0.2) is 12.1 Å². The van der Waals surface area contributed by atoms with Crippen LogP contribution >= 0.6 is 0 Å². The molecule has 0 radical (unpaired) electrons. The van der Waals surface area contributed by atoms with E-state index in [4.69, 9.17) is 13.9 Å². The molecule has 1 aromatic heterocycles. The number of carbonyl (C=O) groups is 1. The van der Waals surface area contributed by atoms with Gasteiger partial charge in [-0.25, -0.2) is 9.78 Å². The highest BCUT2D eigenvalue weighted by atomic mass is 16.5. The van der Waals surface area contributed by atoms with Gasteiger partial charge in [-0.05, 0) is 20.3 Å². The van der Waals surface area contributed by atoms with Gasteiger partial charge in [0, 0.05) is 19.6 Å². The van der Waals surface area contributed by atoms with E-state index in [1.807, 2.05) is 6.92 Å². The lowest BCUT2D eigenvalue weighted by Crippen LogP contribution is -2.08. The van der Waals surface area contributed by atoms with Gasteiger partial charge < -0.3 is 13.9 Å². The van der Waals surface area contributed by atoms with Crippen LogP contribution in [-0.2, 0) is 15.9 Å². The van der Waals surface area contributed by atoms with Crippen LogP contribution < -0.4 is 0 Å². The molecule has 0 atom stereocenters. The molecule has 5 heteroatoms. The number of ether oxygens (including phenoxy) is 2. The molecule has 0 N–H and O–H groups in total. The maximum absolute atomic E-state index is 11.4. The molecule has 16 heavy (non-hydrogen) atoms. The van der Waals surface area contributed by atoms with E-state index in [1.165, 1.54) is 6.39 Å². The molecule has 1 heterocycles. The molecular weight excluding hydrogens is 210 g/mol. The summed E-state index contributed by atoms with van der Waals surface area (Å²) < 4.78 is 15.2. The van der Waals surface area contributed by atoms with Gasteiger partial charge in [-0.1, -0.05) is 0 Å². The van der Waals surface area contributed by atoms with Crippen LogP contribution in [0.4, 0.5) is 0 Å². The Hall–Kier alpha value is -1.36. The second-order valence-corrected chi connectivity index (χ2v) is 3.15. The standard InChI is InChI=1S/C11H17NO4/c1-3-14-7-5-6-9-10(12-8-16-9)11(13)15-4-2/h8H,3-7H2,1-2H3. The quantitative estimate of drug-likeness (QED) is 0.525. The Balaban J connectivity index is 2.47. The summed E-state index contributed by atoms with van der Waals surface area (Å²) in [6, 6.07) is 0. The van der Waals surface area contributed by atoms with Crippen molar-refractivity contribution >= 4 is 5.97 Å². The fourth-order valence-corrected chi connectivity index (χ4v) is 1.29. The normalized spacial score (nSPS) is 10.4. The van der Waals surface area contributed by atoms with Crippen molar-refractivity contribution in [2.24, 2.45) is 0 Å². The molecule has 0 saturated carbocycles. The number of aromatic nitrogens is 1. The van der Waals surface area contributed by atoms with E-state index in [0.29, 0.717) is 32.0 Å². The molecule has 0 spiro atoms. The molecule has 0 aromatic carbocycles. The Morgan fingerprint density at radius 2 is 2.25 bits per heavy atom. The van der Waals surface area contributed by atoms with Crippen LogP contribution in [0.2, 0.25) is 0 Å². The molecule has 1 aromatic rings. The number of hydrogen-bond donors (Lipinski definition) is 0. The average Bonchev–Trinajstić information content (AvgIpc) is 2.73. The van der Waals surface area contributed by atoms with Crippen molar-refractivity contribution < 1.29 is 18.7 Å². The lowest BCUT2D eigenvalue weighted by molar-refractivity contribution is 0.0517. The van der Waals surface area contributed by atoms with Crippen molar-refractivity contribution in [2.75, 3.05) is 19.8 Å². The summed E-state index contributed by atoms with van der Waals surface area (Å²) in [6.07, 6.45) is 2.70. The van der Waals surface area contributed by atoms with Crippen LogP contribution in [0.5, 0.6) is 0 Å². The smallest absolute Gasteiger partial charge is 0.360 e. The van der Waals surface area contributed by atoms with Gasteiger partial charge in [-0.15, -0.1) is 0 Å². The Kier molecular flexibility index (Phi) is 5.56. The fraction of sp³-hybridized carbons (Fsp3) is 0.636. The van der Waals surface area contributed by atoms with Crippen molar-refractivity contribution in [3.05, 3.63) is 17.8 Å². The van der Waals surface area contributed by atoms with Crippen LogP contribution in [0.1, 0.15) is 36.5 Å². The Morgan fingerprint density at radius 3 is 2.94 bits per heavy atom. The number of oxazole rings is 1. The van der Waals surface area contributed by atoms with Gasteiger partial charge in [-0.2, -0.15) is 0 Å². The zero-order valence-corrected chi connectivity index (χ0v) is 9.69. The summed E-state index contributed by atoms with van der Waals surface area (Å²) >= 11 is 0. The third kappa shape index (κ3) is 3.66. The monoisotopic (exact) mass is 227 g/mol. The third-order valence-electron chi connectivity index (χ3n) is 2.01. The zero-order valence-electron chi connectivity index (χ0n) is 9.69. The van der Waals surface area contributed by atoms with Gasteiger partial charge >= 0.3 is 5.97 Å². The fourth-order valence-electron chi connectivity index (χ4n) is 1.29. The maximum atomic E-state index is 11.4. The molecule has 0 aliphatic rings. The molecule has 0 bridgehead atoms. The first-order valence-corrected chi connectivity index (χ1v) is 5.46. The number of nitrogens with zero attached hydrogens (tertiary/aromatic N) is 1. The molecular formula is C11H17NO4. The predicted octanol–water partition coefficient (Wildman–Crippen LogP) is 1.82. The number of esters is 1. The van der Waals surface area contributed by atoms with Crippen molar-refractivity contribution in [1.29, 1.82) is 0 Å². The summed E-state index contributed by atoms with van der Waals surface area (Å²) in [5.41, 5.74) is 0.276. The second-order valence-electron chi connectivity index (χ2n) is 3.15. The number of rotatable bonds is 7. The molecule has 0 saturated heterocycles. The van der Waals surface area contributed by atoms with E-state index in [1.54, 1.807) is 6.92 Å². The lowest BCUT2D eigenvalue weighted by Gasteiger charge is -2.01. The predicted molar refractivity (Wildman–Crippen MR) is 57.3 cm³/mol. The highest BCUT2D eigenvalue weighted by Crippen LogP contribution is 2.11. The van der Waals surface area contributed by atoms with Gasteiger partial charge in [0.1, 0.15) is 5.76 Å². The van der Waals surface area contributed by atoms with Crippen molar-refractivity contribution in [3.63, 3.8) is 0 Å². The van der Waals surface area contributed by atoms with E-state index in [-0.39, 0.29) is 5.69 Å². The van der Waals surface area contributed by atoms with Crippen molar-refractivity contribution in [3.8, 4) is 0 Å². The van der Waals surface area contributed by atoms with Gasteiger partial charge in [-0.3, -0.25) is 0 Å². The van der Waals surface area contributed by atoms with E-state index in [2.05, 4.69) is 4.98 Å². The van der Waals surface area contributed by atoms with Crippen LogP contribution in [0.15, 0.2) is 10.8 Å². The molecule has 1 rings (SSSR count). The first-order chi connectivity index (χ1) is 7.79. The lowest BCUT2D eigenvalue weighted by atomic mass is 10.2. The van der Waals surface area contributed by atoms with Crippen LogP contribution in [0.3, 0.4) is 0 Å². The molecule has 0 unspecified atom stereocenters. The minimum Gasteiger partial charge on any atom is -0.461 e. The average molecular weight is 227 g/mol. The maximum Gasteiger partial charge on any atom is 0.360 e. The molecule has 0 aliphatic carbocycles. The van der Waals surface area contributed by atoms with Crippen molar-refractivity contribution in [2.45, 2.75) is 26.7 Å². The number of hydrogen-bond acceptors (Lipinski definition) is 5. The van der Waals surface area contributed by atoms with Crippen LogP contribution in [-0.4, -0.2) is 30.8 Å². The van der Waals surface area contributed by atoms with Gasteiger partial charge in [0.2, 0.25) is 0 Å². The summed E-state index contributed by atoms with van der Waals surface area (Å²) in [6.45, 7) is 5.38. The third-order valence-corrected chi connectivity index (χ3v) is 2.01. The summed E-state index contributed by atoms with van der Waals surface area (Å²) in [7, 11) is 0. The van der Waals surface area contributed by atoms with Gasteiger partial charge in [0.25, 0.3) is 0 Å². The SMILES string of the molecule is CCOCCCc1ocnc1C(=O)OCC. The highest BCUT2D eigenvalue weighted by molar-refractivity contribution is 5.88. The summed E-state index contributed by atoms with van der Waals surface area (Å²) in [5.74, 6) is 0.140.